The standard InChI is InChI=1S/C10H3F2N3O2/c11-7-2-9(12)8(1-6(4-13)5-14)10(3-7)15(16)17/h1-3H. The third-order valence-corrected chi connectivity index (χ3v) is 1.80. The Morgan fingerprint density at radius 3 is 2.41 bits per heavy atom. The molecule has 0 atom stereocenters. The van der Waals surface area contributed by atoms with E-state index in [1.54, 1.807) is 0 Å². The average molecular weight is 235 g/mol. The topological polar surface area (TPSA) is 90.7 Å². The van der Waals surface area contributed by atoms with Gasteiger partial charge in [-0.2, -0.15) is 10.5 Å². The maximum Gasteiger partial charge on any atom is 0.282 e. The van der Waals surface area contributed by atoms with Crippen molar-refractivity contribution in [3.63, 3.8) is 0 Å². The summed E-state index contributed by atoms with van der Waals surface area (Å²) in [6, 6.07) is 3.80. The predicted molar refractivity (Wildman–Crippen MR) is 52.2 cm³/mol. The predicted octanol–water partition coefficient (Wildman–Crippen LogP) is 2.30. The lowest BCUT2D eigenvalue weighted by molar-refractivity contribution is -0.385. The van der Waals surface area contributed by atoms with E-state index in [2.05, 4.69) is 0 Å². The number of halogens is 2. The van der Waals surface area contributed by atoms with Crippen LogP contribution in [0.3, 0.4) is 0 Å². The zero-order valence-corrected chi connectivity index (χ0v) is 8.15. The molecule has 0 aliphatic rings. The number of rotatable bonds is 2. The first kappa shape index (κ1) is 12.3. The van der Waals surface area contributed by atoms with E-state index in [0.29, 0.717) is 18.2 Å². The van der Waals surface area contributed by atoms with Crippen LogP contribution in [0.2, 0.25) is 0 Å². The van der Waals surface area contributed by atoms with E-state index in [0.717, 1.165) is 0 Å². The van der Waals surface area contributed by atoms with Crippen molar-refractivity contribution >= 4 is 11.8 Å². The lowest BCUT2D eigenvalue weighted by Gasteiger charge is -1.99. The summed E-state index contributed by atoms with van der Waals surface area (Å²) < 4.78 is 26.1. The van der Waals surface area contributed by atoms with Crippen LogP contribution in [-0.4, -0.2) is 4.92 Å². The quantitative estimate of drug-likeness (QED) is 0.446. The molecule has 0 aromatic heterocycles. The zero-order chi connectivity index (χ0) is 13.0. The van der Waals surface area contributed by atoms with Gasteiger partial charge in [0.2, 0.25) is 0 Å². The van der Waals surface area contributed by atoms with Crippen molar-refractivity contribution in [3.05, 3.63) is 45.0 Å². The van der Waals surface area contributed by atoms with Gasteiger partial charge in [-0.3, -0.25) is 10.1 Å². The molecule has 0 heterocycles. The third kappa shape index (κ3) is 2.61. The molecule has 1 aromatic rings. The number of nitro benzene ring substituents is 1. The minimum atomic E-state index is -1.21. The Balaban J connectivity index is 3.54. The fraction of sp³-hybridized carbons (Fsp3) is 0. The monoisotopic (exact) mass is 235 g/mol. The second-order valence-corrected chi connectivity index (χ2v) is 2.86. The average Bonchev–Trinajstić information content (AvgIpc) is 2.27. The van der Waals surface area contributed by atoms with Crippen molar-refractivity contribution in [2.75, 3.05) is 0 Å². The maximum absolute atomic E-state index is 13.3. The largest absolute Gasteiger partial charge is 0.282 e. The van der Waals surface area contributed by atoms with Gasteiger partial charge in [-0.15, -0.1) is 0 Å². The highest BCUT2D eigenvalue weighted by Crippen LogP contribution is 2.25. The molecule has 17 heavy (non-hydrogen) atoms. The molecule has 84 valence electrons. The molecule has 0 aliphatic carbocycles. The van der Waals surface area contributed by atoms with Crippen molar-refractivity contribution in [3.8, 4) is 12.1 Å². The van der Waals surface area contributed by atoms with Crippen LogP contribution in [0.15, 0.2) is 17.7 Å². The smallest absolute Gasteiger partial charge is 0.258 e. The number of nitriles is 2. The molecule has 0 N–H and O–H groups in total. The number of benzene rings is 1. The normalized spacial score (nSPS) is 8.94. The second kappa shape index (κ2) is 4.81. The van der Waals surface area contributed by atoms with E-state index < -0.39 is 33.4 Å². The molecule has 0 spiro atoms. The molecule has 0 fully saturated rings. The fourth-order valence-corrected chi connectivity index (χ4v) is 1.10. The summed E-state index contributed by atoms with van der Waals surface area (Å²) in [4.78, 5) is 9.57. The minimum Gasteiger partial charge on any atom is -0.258 e. The summed E-state index contributed by atoms with van der Waals surface area (Å²) in [7, 11) is 0. The van der Waals surface area contributed by atoms with Crippen LogP contribution < -0.4 is 0 Å². The van der Waals surface area contributed by atoms with E-state index in [1.165, 1.54) is 12.1 Å². The summed E-state index contributed by atoms with van der Waals surface area (Å²) in [6.07, 6.45) is 0.701. The lowest BCUT2D eigenvalue weighted by Crippen LogP contribution is -1.96. The van der Waals surface area contributed by atoms with Gasteiger partial charge in [0.25, 0.3) is 5.69 Å². The molecule has 0 saturated carbocycles. The van der Waals surface area contributed by atoms with Crippen molar-refractivity contribution in [1.82, 2.24) is 0 Å². The molecule has 0 unspecified atom stereocenters. The van der Waals surface area contributed by atoms with Crippen LogP contribution in [0.5, 0.6) is 0 Å². The Morgan fingerprint density at radius 2 is 1.94 bits per heavy atom. The Morgan fingerprint density at radius 1 is 1.35 bits per heavy atom. The number of nitro groups is 1. The number of allylic oxidation sites excluding steroid dienone is 1. The first-order valence-corrected chi connectivity index (χ1v) is 4.15. The molecule has 0 amide bonds. The van der Waals surface area contributed by atoms with Gasteiger partial charge in [0.15, 0.2) is 0 Å². The van der Waals surface area contributed by atoms with Gasteiger partial charge in [-0.05, 0) is 6.08 Å². The highest BCUT2D eigenvalue weighted by Gasteiger charge is 2.19. The summed E-state index contributed by atoms with van der Waals surface area (Å²) in [5, 5.41) is 27.5. The fourth-order valence-electron chi connectivity index (χ4n) is 1.10. The van der Waals surface area contributed by atoms with Gasteiger partial charge in [0.05, 0.1) is 16.6 Å². The number of hydrogen-bond donors (Lipinski definition) is 0. The Hall–Kier alpha value is -2.80. The van der Waals surface area contributed by atoms with E-state index in [-0.39, 0.29) is 0 Å². The molecule has 7 heteroatoms. The van der Waals surface area contributed by atoms with E-state index in [1.807, 2.05) is 0 Å². The minimum absolute atomic E-state index is 0.436. The number of nitrogens with zero attached hydrogens (tertiary/aromatic N) is 3. The van der Waals surface area contributed by atoms with Crippen LogP contribution in [0.1, 0.15) is 5.56 Å². The molecular weight excluding hydrogens is 232 g/mol. The van der Waals surface area contributed by atoms with Gasteiger partial charge >= 0.3 is 0 Å². The summed E-state index contributed by atoms with van der Waals surface area (Å²) >= 11 is 0. The van der Waals surface area contributed by atoms with E-state index >= 15 is 0 Å². The van der Waals surface area contributed by atoms with E-state index in [9.17, 15) is 18.9 Å². The van der Waals surface area contributed by atoms with E-state index in [4.69, 9.17) is 10.5 Å². The molecule has 0 aliphatic heterocycles. The van der Waals surface area contributed by atoms with Gasteiger partial charge in [0, 0.05) is 6.07 Å². The van der Waals surface area contributed by atoms with Gasteiger partial charge < -0.3 is 0 Å². The Kier molecular flexibility index (Phi) is 3.48. The van der Waals surface area contributed by atoms with Crippen molar-refractivity contribution in [2.45, 2.75) is 0 Å². The first-order valence-electron chi connectivity index (χ1n) is 4.15. The van der Waals surface area contributed by atoms with Crippen molar-refractivity contribution < 1.29 is 13.7 Å². The third-order valence-electron chi connectivity index (χ3n) is 1.80. The molecule has 0 saturated heterocycles. The second-order valence-electron chi connectivity index (χ2n) is 2.86. The molecule has 1 rings (SSSR count). The molecular formula is C10H3F2N3O2. The van der Waals surface area contributed by atoms with Crippen molar-refractivity contribution in [1.29, 1.82) is 10.5 Å². The molecule has 0 bridgehead atoms. The first-order chi connectivity index (χ1) is 7.99. The zero-order valence-electron chi connectivity index (χ0n) is 8.15. The molecule has 5 nitrogen and oxygen atoms in total. The van der Waals surface area contributed by atoms with Crippen LogP contribution >= 0.6 is 0 Å². The van der Waals surface area contributed by atoms with Gasteiger partial charge in [-0.1, -0.05) is 0 Å². The van der Waals surface area contributed by atoms with Crippen LogP contribution in [-0.2, 0) is 0 Å². The Bertz CT molecular complexity index is 581. The highest BCUT2D eigenvalue weighted by atomic mass is 19.1. The summed E-state index contributed by atoms with van der Waals surface area (Å²) in [5.74, 6) is -2.32. The van der Waals surface area contributed by atoms with Crippen molar-refractivity contribution in [2.24, 2.45) is 0 Å². The summed E-state index contributed by atoms with van der Waals surface area (Å²) in [5.41, 5.74) is -1.96. The van der Waals surface area contributed by atoms with Crippen LogP contribution in [0, 0.1) is 44.4 Å². The molecule has 0 radical (unpaired) electrons. The number of hydrogen-bond acceptors (Lipinski definition) is 4. The van der Waals surface area contributed by atoms with Gasteiger partial charge in [0.1, 0.15) is 29.3 Å². The highest BCUT2D eigenvalue weighted by molar-refractivity contribution is 5.68. The maximum atomic E-state index is 13.3. The van der Waals surface area contributed by atoms with Gasteiger partial charge in [-0.25, -0.2) is 8.78 Å². The van der Waals surface area contributed by atoms with Crippen LogP contribution in [0.4, 0.5) is 14.5 Å². The van der Waals surface area contributed by atoms with Crippen LogP contribution in [0.25, 0.3) is 6.08 Å². The lowest BCUT2D eigenvalue weighted by atomic mass is 10.1. The molecule has 1 aromatic carbocycles. The Labute approximate surface area is 94.0 Å². The SMILES string of the molecule is N#CC(C#N)=Cc1c(F)cc(F)cc1[N+](=O)[O-]. The summed E-state index contributed by atoms with van der Waals surface area (Å²) in [6.45, 7) is 0.